The Morgan fingerprint density at radius 1 is 1.16 bits per heavy atom. The van der Waals surface area contributed by atoms with Crippen molar-refractivity contribution in [3.05, 3.63) is 64.2 Å². The van der Waals surface area contributed by atoms with Crippen LogP contribution >= 0.6 is 11.6 Å². The van der Waals surface area contributed by atoms with E-state index in [0.717, 1.165) is 16.8 Å². The van der Waals surface area contributed by atoms with Crippen molar-refractivity contribution in [3.63, 3.8) is 0 Å². The lowest BCUT2D eigenvalue weighted by molar-refractivity contribution is -0.120. The molecule has 6 heteroatoms. The number of hydrogen-bond donors (Lipinski definition) is 2. The highest BCUT2D eigenvalue weighted by Gasteiger charge is 2.11. The lowest BCUT2D eigenvalue weighted by atomic mass is 10.1. The summed E-state index contributed by atoms with van der Waals surface area (Å²) < 4.78 is 4.71. The number of esters is 1. The van der Waals surface area contributed by atoms with Gasteiger partial charge in [-0.25, -0.2) is 4.79 Å². The second kappa shape index (κ2) is 8.53. The van der Waals surface area contributed by atoms with E-state index in [1.165, 1.54) is 7.11 Å². The van der Waals surface area contributed by atoms with Gasteiger partial charge in [-0.2, -0.15) is 0 Å². The first-order valence-corrected chi connectivity index (χ1v) is 8.26. The van der Waals surface area contributed by atoms with Crippen LogP contribution in [0.3, 0.4) is 0 Å². The number of rotatable bonds is 6. The minimum absolute atomic E-state index is 0.101. The van der Waals surface area contributed by atoms with Gasteiger partial charge in [0.05, 0.1) is 25.3 Å². The maximum Gasteiger partial charge on any atom is 0.337 e. The van der Waals surface area contributed by atoms with E-state index in [9.17, 15) is 9.59 Å². The molecule has 0 aliphatic carbocycles. The number of amides is 1. The van der Waals surface area contributed by atoms with Crippen LogP contribution in [-0.4, -0.2) is 25.5 Å². The molecule has 1 unspecified atom stereocenters. The largest absolute Gasteiger partial charge is 0.465 e. The fourth-order valence-electron chi connectivity index (χ4n) is 2.36. The smallest absolute Gasteiger partial charge is 0.337 e. The molecule has 2 rings (SSSR count). The summed E-state index contributed by atoms with van der Waals surface area (Å²) in [7, 11) is 1.33. The molecule has 0 spiro atoms. The van der Waals surface area contributed by atoms with Crippen LogP contribution in [0, 0.1) is 6.92 Å². The van der Waals surface area contributed by atoms with Crippen molar-refractivity contribution < 1.29 is 14.3 Å². The molecule has 0 heterocycles. The van der Waals surface area contributed by atoms with Gasteiger partial charge in [0, 0.05) is 10.7 Å². The molecule has 0 saturated heterocycles. The molecule has 25 heavy (non-hydrogen) atoms. The average molecular weight is 361 g/mol. The minimum atomic E-state index is -0.413. The van der Waals surface area contributed by atoms with Crippen LogP contribution < -0.4 is 10.6 Å². The number of carbonyl (C=O) groups is 2. The quantitative estimate of drug-likeness (QED) is 0.770. The summed E-state index contributed by atoms with van der Waals surface area (Å²) in [6.45, 7) is 3.91. The zero-order valence-electron chi connectivity index (χ0n) is 14.4. The van der Waals surface area contributed by atoms with Gasteiger partial charge in [-0.3, -0.25) is 4.79 Å². The van der Waals surface area contributed by atoms with E-state index >= 15 is 0 Å². The lowest BCUT2D eigenvalue weighted by Crippen LogP contribution is -2.32. The monoisotopic (exact) mass is 360 g/mol. The SMILES string of the molecule is COC(=O)c1ccc(C)c(NCC(=O)NC(C)c2ccc(Cl)cc2)c1. The number of halogens is 1. The highest BCUT2D eigenvalue weighted by atomic mass is 35.5. The van der Waals surface area contributed by atoms with Crippen LogP contribution in [-0.2, 0) is 9.53 Å². The van der Waals surface area contributed by atoms with E-state index in [2.05, 4.69) is 10.6 Å². The molecular weight excluding hydrogens is 340 g/mol. The van der Waals surface area contributed by atoms with Gasteiger partial charge >= 0.3 is 5.97 Å². The van der Waals surface area contributed by atoms with Crippen molar-refractivity contribution in [1.29, 1.82) is 0 Å². The summed E-state index contributed by atoms with van der Waals surface area (Å²) in [6.07, 6.45) is 0. The first-order valence-electron chi connectivity index (χ1n) is 7.88. The maximum absolute atomic E-state index is 12.2. The number of benzene rings is 2. The third-order valence-electron chi connectivity index (χ3n) is 3.85. The van der Waals surface area contributed by atoms with Crippen LogP contribution in [0.25, 0.3) is 0 Å². The molecule has 132 valence electrons. The Bertz CT molecular complexity index is 760. The van der Waals surface area contributed by atoms with Crippen molar-refractivity contribution in [3.8, 4) is 0 Å². The first-order chi connectivity index (χ1) is 11.9. The molecule has 2 aromatic carbocycles. The third-order valence-corrected chi connectivity index (χ3v) is 4.10. The number of nitrogens with one attached hydrogen (secondary N) is 2. The predicted molar refractivity (Wildman–Crippen MR) is 99.0 cm³/mol. The zero-order valence-corrected chi connectivity index (χ0v) is 15.2. The number of carbonyl (C=O) groups excluding carboxylic acids is 2. The number of aryl methyl sites for hydroxylation is 1. The Morgan fingerprint density at radius 2 is 1.84 bits per heavy atom. The summed E-state index contributed by atoms with van der Waals surface area (Å²) in [6, 6.07) is 12.4. The average Bonchev–Trinajstić information content (AvgIpc) is 2.60. The number of anilines is 1. The van der Waals surface area contributed by atoms with Gasteiger partial charge in [0.2, 0.25) is 5.91 Å². The molecule has 0 bridgehead atoms. The lowest BCUT2D eigenvalue weighted by Gasteiger charge is -2.16. The Hall–Kier alpha value is -2.53. The van der Waals surface area contributed by atoms with Crippen LogP contribution in [0.15, 0.2) is 42.5 Å². The Labute approximate surface area is 152 Å². The fourth-order valence-corrected chi connectivity index (χ4v) is 2.49. The molecule has 0 aliphatic rings. The first kappa shape index (κ1) is 18.8. The van der Waals surface area contributed by atoms with E-state index in [-0.39, 0.29) is 18.5 Å². The highest BCUT2D eigenvalue weighted by Crippen LogP contribution is 2.18. The summed E-state index contributed by atoms with van der Waals surface area (Å²) in [4.78, 5) is 23.8. The van der Waals surface area contributed by atoms with Crippen molar-refractivity contribution >= 4 is 29.2 Å². The van der Waals surface area contributed by atoms with E-state index < -0.39 is 5.97 Å². The second-order valence-electron chi connectivity index (χ2n) is 5.72. The van der Waals surface area contributed by atoms with Gasteiger partial charge < -0.3 is 15.4 Å². The molecule has 1 atom stereocenters. The fraction of sp³-hybridized carbons (Fsp3) is 0.263. The van der Waals surface area contributed by atoms with E-state index in [0.29, 0.717) is 10.6 Å². The normalized spacial score (nSPS) is 11.5. The number of hydrogen-bond acceptors (Lipinski definition) is 4. The maximum atomic E-state index is 12.2. The topological polar surface area (TPSA) is 67.4 Å². The zero-order chi connectivity index (χ0) is 18.4. The summed E-state index contributed by atoms with van der Waals surface area (Å²) in [5.74, 6) is -0.561. The number of methoxy groups -OCH3 is 1. The molecule has 0 saturated carbocycles. The molecule has 0 radical (unpaired) electrons. The molecule has 2 N–H and O–H groups in total. The molecule has 0 aromatic heterocycles. The molecule has 0 fully saturated rings. The second-order valence-corrected chi connectivity index (χ2v) is 6.15. The van der Waals surface area contributed by atoms with Gasteiger partial charge in [0.25, 0.3) is 0 Å². The number of ether oxygens (including phenoxy) is 1. The van der Waals surface area contributed by atoms with Gasteiger partial charge in [0.1, 0.15) is 0 Å². The van der Waals surface area contributed by atoms with Crippen LogP contribution in [0.5, 0.6) is 0 Å². The van der Waals surface area contributed by atoms with E-state index in [1.54, 1.807) is 24.3 Å². The van der Waals surface area contributed by atoms with Crippen molar-refractivity contribution in [1.82, 2.24) is 5.32 Å². The van der Waals surface area contributed by atoms with E-state index in [1.807, 2.05) is 32.0 Å². The summed E-state index contributed by atoms with van der Waals surface area (Å²) in [5.41, 5.74) is 3.07. The Morgan fingerprint density at radius 3 is 2.48 bits per heavy atom. The molecular formula is C19H21ClN2O3. The molecule has 1 amide bonds. The van der Waals surface area contributed by atoms with Gasteiger partial charge in [0.15, 0.2) is 0 Å². The molecule has 5 nitrogen and oxygen atoms in total. The summed E-state index contributed by atoms with van der Waals surface area (Å²) >= 11 is 5.87. The minimum Gasteiger partial charge on any atom is -0.465 e. The Kier molecular flexibility index (Phi) is 6.42. The van der Waals surface area contributed by atoms with Crippen molar-refractivity contribution in [2.24, 2.45) is 0 Å². The predicted octanol–water partition coefficient (Wildman–Crippen LogP) is 3.72. The summed E-state index contributed by atoms with van der Waals surface area (Å²) in [5, 5.41) is 6.63. The van der Waals surface area contributed by atoms with Crippen molar-refractivity contribution in [2.75, 3.05) is 19.0 Å². The van der Waals surface area contributed by atoms with Crippen LogP contribution in [0.1, 0.15) is 34.5 Å². The Balaban J connectivity index is 1.95. The van der Waals surface area contributed by atoms with Crippen LogP contribution in [0.4, 0.5) is 5.69 Å². The molecule has 2 aromatic rings. The highest BCUT2D eigenvalue weighted by molar-refractivity contribution is 6.30. The van der Waals surface area contributed by atoms with E-state index in [4.69, 9.17) is 16.3 Å². The van der Waals surface area contributed by atoms with Crippen LogP contribution in [0.2, 0.25) is 5.02 Å². The standard InChI is InChI=1S/C19H21ClN2O3/c1-12-4-5-15(19(24)25-3)10-17(12)21-11-18(23)22-13(2)14-6-8-16(20)9-7-14/h4-10,13,21H,11H2,1-3H3,(H,22,23). The molecule has 0 aliphatic heterocycles. The van der Waals surface area contributed by atoms with Crippen molar-refractivity contribution in [2.45, 2.75) is 19.9 Å². The van der Waals surface area contributed by atoms with Gasteiger partial charge in [-0.05, 0) is 49.2 Å². The van der Waals surface area contributed by atoms with Gasteiger partial charge in [-0.15, -0.1) is 0 Å². The van der Waals surface area contributed by atoms with Gasteiger partial charge in [-0.1, -0.05) is 29.8 Å². The third kappa shape index (κ3) is 5.22.